The second-order valence-corrected chi connectivity index (χ2v) is 8.44. The number of nitro benzene ring substituents is 1. The molecule has 3 aliphatic rings. The number of carbonyl (C=O) groups is 1. The number of aromatic nitrogens is 2. The van der Waals surface area contributed by atoms with Gasteiger partial charge in [0.1, 0.15) is 5.82 Å². The van der Waals surface area contributed by atoms with Gasteiger partial charge in [-0.15, -0.1) is 0 Å². The molecular weight excluding hydrogens is 396 g/mol. The average molecular weight is 422 g/mol. The number of carbonyl (C=O) groups excluding carboxylic acids is 1. The SMILES string of the molecule is O=C(c1ccc([N+](=O)[O-])cc1)N1CCc2nc(N3CCCC3)nc(N3CCCC3)c2C1. The van der Waals surface area contributed by atoms with Crippen LogP contribution in [0.4, 0.5) is 17.5 Å². The zero-order valence-electron chi connectivity index (χ0n) is 17.5. The highest BCUT2D eigenvalue weighted by molar-refractivity contribution is 5.94. The summed E-state index contributed by atoms with van der Waals surface area (Å²) in [5.41, 5.74) is 2.55. The minimum atomic E-state index is -0.455. The first-order valence-electron chi connectivity index (χ1n) is 11.0. The van der Waals surface area contributed by atoms with E-state index in [0.717, 1.165) is 62.0 Å². The van der Waals surface area contributed by atoms with E-state index in [1.54, 1.807) is 0 Å². The van der Waals surface area contributed by atoms with Crippen molar-refractivity contribution in [3.8, 4) is 0 Å². The number of nitro groups is 1. The largest absolute Gasteiger partial charge is 0.356 e. The van der Waals surface area contributed by atoms with E-state index in [1.807, 2.05) is 4.90 Å². The van der Waals surface area contributed by atoms with Gasteiger partial charge in [-0.25, -0.2) is 4.98 Å². The van der Waals surface area contributed by atoms with Gasteiger partial charge in [-0.1, -0.05) is 0 Å². The lowest BCUT2D eigenvalue weighted by molar-refractivity contribution is -0.384. The predicted octanol–water partition coefficient (Wildman–Crippen LogP) is 2.78. The summed E-state index contributed by atoms with van der Waals surface area (Å²) < 4.78 is 0. The minimum absolute atomic E-state index is 0.0142. The number of benzene rings is 1. The Morgan fingerprint density at radius 3 is 2.19 bits per heavy atom. The van der Waals surface area contributed by atoms with Crippen LogP contribution in [0.25, 0.3) is 0 Å². The van der Waals surface area contributed by atoms with Gasteiger partial charge in [0, 0.05) is 62.4 Å². The molecule has 0 spiro atoms. The van der Waals surface area contributed by atoms with Crippen molar-refractivity contribution in [3.63, 3.8) is 0 Å². The maximum atomic E-state index is 13.1. The van der Waals surface area contributed by atoms with Gasteiger partial charge in [0.15, 0.2) is 0 Å². The fourth-order valence-electron chi connectivity index (χ4n) is 4.71. The smallest absolute Gasteiger partial charge is 0.269 e. The van der Waals surface area contributed by atoms with Crippen LogP contribution in [0.3, 0.4) is 0 Å². The average Bonchev–Trinajstić information content (AvgIpc) is 3.52. The first kappa shape index (κ1) is 19.7. The number of rotatable bonds is 4. The van der Waals surface area contributed by atoms with E-state index < -0.39 is 4.92 Å². The number of non-ortho nitro benzene ring substituents is 1. The number of amides is 1. The molecule has 0 aliphatic carbocycles. The van der Waals surface area contributed by atoms with Gasteiger partial charge in [0.05, 0.1) is 17.2 Å². The summed E-state index contributed by atoms with van der Waals surface area (Å²) in [6.45, 7) is 5.03. The number of nitrogens with zero attached hydrogens (tertiary/aromatic N) is 6. The molecule has 0 radical (unpaired) electrons. The molecule has 0 unspecified atom stereocenters. The van der Waals surface area contributed by atoms with Crippen LogP contribution in [-0.4, -0.2) is 58.4 Å². The summed E-state index contributed by atoms with van der Waals surface area (Å²) in [5, 5.41) is 10.9. The van der Waals surface area contributed by atoms with Crippen molar-refractivity contribution in [2.45, 2.75) is 38.6 Å². The van der Waals surface area contributed by atoms with E-state index in [0.29, 0.717) is 25.1 Å². The normalized spacial score (nSPS) is 18.4. The maximum absolute atomic E-state index is 13.1. The Balaban J connectivity index is 1.43. The van der Waals surface area contributed by atoms with Crippen LogP contribution in [0.5, 0.6) is 0 Å². The van der Waals surface area contributed by atoms with Crippen molar-refractivity contribution < 1.29 is 9.72 Å². The summed E-state index contributed by atoms with van der Waals surface area (Å²) in [5.74, 6) is 1.69. The molecule has 1 aromatic carbocycles. The number of anilines is 2. The standard InChI is InChI=1S/C22H26N6O3/c29-21(16-5-7-17(8-6-16)28(30)31)27-14-9-19-18(15-27)20(25-10-1-2-11-25)24-22(23-19)26-12-3-4-13-26/h5-8H,1-4,9-15H2. The van der Waals surface area contributed by atoms with E-state index in [9.17, 15) is 14.9 Å². The summed E-state index contributed by atoms with van der Waals surface area (Å²) in [6, 6.07) is 5.83. The molecule has 0 bridgehead atoms. The Morgan fingerprint density at radius 1 is 0.903 bits per heavy atom. The Hall–Kier alpha value is -3.23. The highest BCUT2D eigenvalue weighted by atomic mass is 16.6. The molecule has 1 amide bonds. The van der Waals surface area contributed by atoms with Gasteiger partial charge >= 0.3 is 0 Å². The Morgan fingerprint density at radius 2 is 1.55 bits per heavy atom. The lowest BCUT2D eigenvalue weighted by Gasteiger charge is -2.32. The third-order valence-electron chi connectivity index (χ3n) is 6.43. The highest BCUT2D eigenvalue weighted by Gasteiger charge is 2.30. The van der Waals surface area contributed by atoms with Gasteiger partial charge in [-0.05, 0) is 37.8 Å². The monoisotopic (exact) mass is 422 g/mol. The number of fused-ring (bicyclic) bond motifs is 1. The van der Waals surface area contributed by atoms with Gasteiger partial charge in [0.2, 0.25) is 5.95 Å². The quantitative estimate of drug-likeness (QED) is 0.552. The third kappa shape index (κ3) is 3.80. The van der Waals surface area contributed by atoms with Crippen molar-refractivity contribution in [3.05, 3.63) is 51.2 Å². The van der Waals surface area contributed by atoms with Gasteiger partial charge in [-0.2, -0.15) is 4.98 Å². The van der Waals surface area contributed by atoms with Gasteiger partial charge in [0.25, 0.3) is 11.6 Å². The molecule has 3 aliphatic heterocycles. The number of hydrogen-bond acceptors (Lipinski definition) is 7. The van der Waals surface area contributed by atoms with Crippen LogP contribution in [0.2, 0.25) is 0 Å². The summed E-state index contributed by atoms with van der Waals surface area (Å²) in [7, 11) is 0. The molecule has 0 N–H and O–H groups in total. The molecule has 2 fully saturated rings. The fourth-order valence-corrected chi connectivity index (χ4v) is 4.71. The molecule has 162 valence electrons. The van der Waals surface area contributed by atoms with Crippen molar-refractivity contribution in [1.82, 2.24) is 14.9 Å². The third-order valence-corrected chi connectivity index (χ3v) is 6.43. The lowest BCUT2D eigenvalue weighted by Crippen LogP contribution is -2.38. The summed E-state index contributed by atoms with van der Waals surface area (Å²) in [4.78, 5) is 39.8. The molecule has 0 saturated carbocycles. The Kier molecular flexibility index (Phi) is 5.17. The molecule has 9 nitrogen and oxygen atoms in total. The van der Waals surface area contributed by atoms with Crippen LogP contribution in [0.1, 0.15) is 47.3 Å². The Bertz CT molecular complexity index is 997. The van der Waals surface area contributed by atoms with Crippen LogP contribution < -0.4 is 9.80 Å². The van der Waals surface area contributed by atoms with E-state index in [1.165, 1.54) is 37.1 Å². The van der Waals surface area contributed by atoms with E-state index in [-0.39, 0.29) is 11.6 Å². The molecule has 4 heterocycles. The van der Waals surface area contributed by atoms with Crippen molar-refractivity contribution in [2.24, 2.45) is 0 Å². The summed E-state index contributed by atoms with van der Waals surface area (Å²) in [6.07, 6.45) is 5.36. The number of hydrogen-bond donors (Lipinski definition) is 0. The first-order valence-corrected chi connectivity index (χ1v) is 11.0. The van der Waals surface area contributed by atoms with Crippen LogP contribution in [0.15, 0.2) is 24.3 Å². The zero-order chi connectivity index (χ0) is 21.4. The van der Waals surface area contributed by atoms with Crippen LogP contribution >= 0.6 is 0 Å². The molecule has 31 heavy (non-hydrogen) atoms. The second kappa shape index (κ2) is 8.13. The Labute approximate surface area is 180 Å². The molecule has 9 heteroatoms. The van der Waals surface area contributed by atoms with Crippen molar-refractivity contribution in [1.29, 1.82) is 0 Å². The molecule has 1 aromatic heterocycles. The second-order valence-electron chi connectivity index (χ2n) is 8.44. The van der Waals surface area contributed by atoms with Crippen LogP contribution in [-0.2, 0) is 13.0 Å². The predicted molar refractivity (Wildman–Crippen MR) is 116 cm³/mol. The lowest BCUT2D eigenvalue weighted by atomic mass is 10.0. The molecule has 2 aromatic rings. The first-order chi connectivity index (χ1) is 15.1. The molecule has 0 atom stereocenters. The molecule has 5 rings (SSSR count). The van der Waals surface area contributed by atoms with E-state index in [2.05, 4.69) is 9.80 Å². The fraction of sp³-hybridized carbons (Fsp3) is 0.500. The minimum Gasteiger partial charge on any atom is -0.356 e. The van der Waals surface area contributed by atoms with Crippen molar-refractivity contribution >= 4 is 23.4 Å². The zero-order valence-corrected chi connectivity index (χ0v) is 17.5. The van der Waals surface area contributed by atoms with Crippen LogP contribution in [0, 0.1) is 10.1 Å². The van der Waals surface area contributed by atoms with E-state index in [4.69, 9.17) is 9.97 Å². The van der Waals surface area contributed by atoms with Crippen molar-refractivity contribution in [2.75, 3.05) is 42.5 Å². The summed E-state index contributed by atoms with van der Waals surface area (Å²) >= 11 is 0. The van der Waals surface area contributed by atoms with E-state index >= 15 is 0 Å². The highest BCUT2D eigenvalue weighted by Crippen LogP contribution is 2.32. The molecular formula is C22H26N6O3. The van der Waals surface area contributed by atoms with Gasteiger partial charge < -0.3 is 14.7 Å². The maximum Gasteiger partial charge on any atom is 0.269 e. The molecule has 2 saturated heterocycles. The topological polar surface area (TPSA) is 95.7 Å². The van der Waals surface area contributed by atoms with Gasteiger partial charge in [-0.3, -0.25) is 14.9 Å².